The van der Waals surface area contributed by atoms with Crippen LogP contribution in [0.5, 0.6) is 0 Å². The summed E-state index contributed by atoms with van der Waals surface area (Å²) in [7, 11) is 0. The molecule has 5 aromatic rings. The molecule has 184 valence electrons. The van der Waals surface area contributed by atoms with Gasteiger partial charge in [-0.05, 0) is 59.6 Å². The highest BCUT2D eigenvalue weighted by Gasteiger charge is 2.43. The van der Waals surface area contributed by atoms with Crippen molar-refractivity contribution in [3.05, 3.63) is 108 Å². The van der Waals surface area contributed by atoms with Crippen molar-refractivity contribution in [1.29, 1.82) is 5.26 Å². The number of nitrogens with one attached hydrogen (secondary N) is 1. The van der Waals surface area contributed by atoms with Gasteiger partial charge in [0, 0.05) is 28.9 Å². The molecule has 0 bridgehead atoms. The molecule has 1 aliphatic carbocycles. The van der Waals surface area contributed by atoms with Gasteiger partial charge < -0.3 is 5.32 Å². The van der Waals surface area contributed by atoms with E-state index in [1.165, 1.54) is 11.5 Å². The largest absolute Gasteiger partial charge is 0.310 e. The predicted molar refractivity (Wildman–Crippen MR) is 152 cm³/mol. The quantitative estimate of drug-likeness (QED) is 0.249. The van der Waals surface area contributed by atoms with E-state index in [2.05, 4.69) is 57.1 Å². The summed E-state index contributed by atoms with van der Waals surface area (Å²) in [5.41, 5.74) is 5.77. The Bertz CT molecular complexity index is 1680. The molecule has 0 aliphatic heterocycles. The summed E-state index contributed by atoms with van der Waals surface area (Å²) in [4.78, 5) is 23.4. The minimum absolute atomic E-state index is 0.161. The van der Waals surface area contributed by atoms with Crippen LogP contribution in [0.15, 0.2) is 96.2 Å². The summed E-state index contributed by atoms with van der Waals surface area (Å²) >= 11 is 1.45. The van der Waals surface area contributed by atoms with Gasteiger partial charge in [-0.2, -0.15) is 5.26 Å². The lowest BCUT2D eigenvalue weighted by Crippen LogP contribution is -2.15. The average Bonchev–Trinajstić information content (AvgIpc) is 3.63. The fourth-order valence-corrected chi connectivity index (χ4v) is 5.29. The standard InChI is InChI=1S/C31H23N5OS/c1-19-17-34-38-30(19)23-12-22-15-28(36-31(37)25-13-24(25)16-32)33-18-26(22)27(14-23)35-29(20-8-4-2-5-9-20)21-10-6-3-7-11-21/h2-12,14-15,17-18,24-25H,13H2,1H3,(H,33,36,37)/t24-,25+/m0/s1. The van der Waals surface area contributed by atoms with Crippen LogP contribution < -0.4 is 5.32 Å². The van der Waals surface area contributed by atoms with E-state index in [1.807, 2.05) is 55.6 Å². The topological polar surface area (TPSA) is 91.0 Å². The SMILES string of the molecule is Cc1cnsc1-c1cc(N=C(c2ccccc2)c2ccccc2)c2cnc(NC(=O)[C@@H]3C[C@H]3C#N)cc2c1. The molecule has 2 heterocycles. The zero-order valence-electron chi connectivity index (χ0n) is 20.6. The number of amides is 1. The number of aryl methyl sites for hydroxylation is 1. The molecule has 1 amide bonds. The molecule has 3 aromatic carbocycles. The number of nitriles is 1. The van der Waals surface area contributed by atoms with Gasteiger partial charge in [0.05, 0.1) is 34.2 Å². The molecule has 6 rings (SSSR count). The predicted octanol–water partition coefficient (Wildman–Crippen LogP) is 6.93. The fraction of sp³-hybridized carbons (Fsp3) is 0.129. The molecule has 0 spiro atoms. The highest BCUT2D eigenvalue weighted by molar-refractivity contribution is 7.09. The van der Waals surface area contributed by atoms with Crippen molar-refractivity contribution in [2.45, 2.75) is 13.3 Å². The third kappa shape index (κ3) is 4.70. The van der Waals surface area contributed by atoms with Crippen LogP contribution in [0.4, 0.5) is 11.5 Å². The number of nitrogens with zero attached hydrogens (tertiary/aromatic N) is 4. The van der Waals surface area contributed by atoms with E-state index in [0.29, 0.717) is 12.2 Å². The number of pyridine rings is 1. The smallest absolute Gasteiger partial charge is 0.230 e. The number of benzene rings is 3. The molecule has 1 N–H and O–H groups in total. The van der Waals surface area contributed by atoms with Crippen LogP contribution in [0.1, 0.15) is 23.1 Å². The molecular weight excluding hydrogens is 490 g/mol. The second-order valence-corrected chi connectivity index (χ2v) is 10.2. The zero-order valence-corrected chi connectivity index (χ0v) is 21.4. The van der Waals surface area contributed by atoms with E-state index in [1.54, 1.807) is 6.20 Å². The normalized spacial score (nSPS) is 16.0. The Balaban J connectivity index is 1.51. The molecule has 38 heavy (non-hydrogen) atoms. The van der Waals surface area contributed by atoms with Gasteiger partial charge in [0.25, 0.3) is 0 Å². The molecule has 1 fully saturated rings. The zero-order chi connectivity index (χ0) is 26.1. The number of hydrogen-bond donors (Lipinski definition) is 1. The summed E-state index contributed by atoms with van der Waals surface area (Å²) in [6, 6.07) is 28.5. The van der Waals surface area contributed by atoms with E-state index >= 15 is 0 Å². The second-order valence-electron chi connectivity index (χ2n) is 9.38. The molecule has 0 unspecified atom stereocenters. The Kier molecular flexibility index (Phi) is 6.24. The molecule has 7 heteroatoms. The second kappa shape index (κ2) is 10.0. The average molecular weight is 514 g/mol. The Hall–Kier alpha value is -4.67. The number of anilines is 1. The van der Waals surface area contributed by atoms with Crippen molar-refractivity contribution < 1.29 is 4.79 Å². The number of aromatic nitrogens is 2. The van der Waals surface area contributed by atoms with Crippen molar-refractivity contribution in [2.24, 2.45) is 16.8 Å². The Morgan fingerprint density at radius 1 is 1.03 bits per heavy atom. The van der Waals surface area contributed by atoms with Gasteiger partial charge in [-0.1, -0.05) is 60.7 Å². The van der Waals surface area contributed by atoms with Crippen LogP contribution in [0, 0.1) is 30.1 Å². The van der Waals surface area contributed by atoms with Crippen molar-refractivity contribution in [3.63, 3.8) is 0 Å². The van der Waals surface area contributed by atoms with Gasteiger partial charge in [-0.25, -0.2) is 14.3 Å². The minimum atomic E-state index is -0.261. The summed E-state index contributed by atoms with van der Waals surface area (Å²) in [6.45, 7) is 2.05. The van der Waals surface area contributed by atoms with Gasteiger partial charge in [-0.15, -0.1) is 0 Å². The first-order valence-electron chi connectivity index (χ1n) is 12.4. The molecule has 0 radical (unpaired) electrons. The van der Waals surface area contributed by atoms with Crippen LogP contribution in [0.2, 0.25) is 0 Å². The number of aliphatic imine (C=N–C) groups is 1. The third-order valence-corrected chi connectivity index (χ3v) is 7.65. The summed E-state index contributed by atoms with van der Waals surface area (Å²) in [5.74, 6) is -0.160. The fourth-order valence-electron chi connectivity index (χ4n) is 4.55. The van der Waals surface area contributed by atoms with Gasteiger partial charge in [-0.3, -0.25) is 4.79 Å². The van der Waals surface area contributed by atoms with E-state index in [0.717, 1.165) is 49.3 Å². The summed E-state index contributed by atoms with van der Waals surface area (Å²) in [6.07, 6.45) is 4.23. The van der Waals surface area contributed by atoms with E-state index in [-0.39, 0.29) is 17.7 Å². The van der Waals surface area contributed by atoms with Crippen molar-refractivity contribution in [1.82, 2.24) is 9.36 Å². The third-order valence-electron chi connectivity index (χ3n) is 6.70. The maximum absolute atomic E-state index is 12.6. The molecule has 6 nitrogen and oxygen atoms in total. The van der Waals surface area contributed by atoms with E-state index in [4.69, 9.17) is 10.3 Å². The van der Waals surface area contributed by atoms with E-state index in [9.17, 15) is 4.79 Å². The molecule has 2 atom stereocenters. The maximum atomic E-state index is 12.6. The monoisotopic (exact) mass is 513 g/mol. The number of carbonyl (C=O) groups excluding carboxylic acids is 1. The summed E-state index contributed by atoms with van der Waals surface area (Å²) < 4.78 is 4.37. The lowest BCUT2D eigenvalue weighted by atomic mass is 10.0. The first kappa shape index (κ1) is 23.7. The van der Waals surface area contributed by atoms with E-state index < -0.39 is 0 Å². The van der Waals surface area contributed by atoms with Crippen LogP contribution in [0.25, 0.3) is 21.2 Å². The first-order valence-corrected chi connectivity index (χ1v) is 13.1. The van der Waals surface area contributed by atoms with Crippen molar-refractivity contribution >= 4 is 45.4 Å². The van der Waals surface area contributed by atoms with Crippen LogP contribution >= 0.6 is 11.5 Å². The number of carbonyl (C=O) groups is 1. The maximum Gasteiger partial charge on any atom is 0.230 e. The Morgan fingerprint density at radius 2 is 1.74 bits per heavy atom. The Labute approximate surface area is 224 Å². The van der Waals surface area contributed by atoms with Gasteiger partial charge in [0.15, 0.2) is 0 Å². The highest BCUT2D eigenvalue weighted by Crippen LogP contribution is 2.39. The van der Waals surface area contributed by atoms with Crippen molar-refractivity contribution in [2.75, 3.05) is 5.32 Å². The molecule has 0 saturated heterocycles. The van der Waals surface area contributed by atoms with Crippen LogP contribution in [-0.2, 0) is 4.79 Å². The number of fused-ring (bicyclic) bond motifs is 1. The minimum Gasteiger partial charge on any atom is -0.310 e. The molecule has 2 aromatic heterocycles. The molecule has 1 saturated carbocycles. The first-order chi connectivity index (χ1) is 18.6. The summed E-state index contributed by atoms with van der Waals surface area (Å²) in [5, 5.41) is 13.8. The van der Waals surface area contributed by atoms with Crippen LogP contribution in [-0.4, -0.2) is 21.0 Å². The number of rotatable bonds is 6. The molecule has 1 aliphatic rings. The Morgan fingerprint density at radius 3 is 2.34 bits per heavy atom. The molecular formula is C31H23N5OS. The van der Waals surface area contributed by atoms with Crippen LogP contribution in [0.3, 0.4) is 0 Å². The lowest BCUT2D eigenvalue weighted by molar-refractivity contribution is -0.117. The number of hydrogen-bond acceptors (Lipinski definition) is 6. The van der Waals surface area contributed by atoms with Gasteiger partial charge in [0.2, 0.25) is 5.91 Å². The van der Waals surface area contributed by atoms with Gasteiger partial charge >= 0.3 is 0 Å². The van der Waals surface area contributed by atoms with Crippen molar-refractivity contribution in [3.8, 4) is 16.5 Å². The lowest BCUT2D eigenvalue weighted by Gasteiger charge is -2.12. The highest BCUT2D eigenvalue weighted by atomic mass is 32.1. The van der Waals surface area contributed by atoms with Gasteiger partial charge in [0.1, 0.15) is 5.82 Å².